The van der Waals surface area contributed by atoms with Crippen molar-refractivity contribution in [3.8, 4) is 0 Å². The summed E-state index contributed by atoms with van der Waals surface area (Å²) in [7, 11) is 0. The van der Waals surface area contributed by atoms with Crippen LogP contribution >= 0.6 is 0 Å². The molecular weight excluding hydrogens is 268 g/mol. The van der Waals surface area contributed by atoms with Gasteiger partial charge in [0.05, 0.1) is 17.8 Å². The second-order valence-corrected chi connectivity index (χ2v) is 5.30. The number of nitrogens with one attached hydrogen (secondary N) is 1. The fraction of sp³-hybridized carbons (Fsp3) is 0.375. The molecule has 1 N–H and O–H groups in total. The Morgan fingerprint density at radius 3 is 3.05 bits per heavy atom. The standard InChI is InChI=1S/C16H18N2O3/c1-3-11-4-5-15-13(7-11)14(9-20-15)16(19)17-8-12-6-10(2)18-21-12/h4-5,7,9,12H,3,6,8H2,1-2H3,(H,17,19). The summed E-state index contributed by atoms with van der Waals surface area (Å²) in [5.74, 6) is -0.143. The SMILES string of the molecule is CCc1ccc2occ(C(=O)NCC3CC(C)=NO3)c2c1. The molecule has 0 spiro atoms. The van der Waals surface area contributed by atoms with Gasteiger partial charge in [0.1, 0.15) is 18.0 Å². The van der Waals surface area contributed by atoms with E-state index in [1.807, 2.05) is 25.1 Å². The molecule has 5 nitrogen and oxygen atoms in total. The van der Waals surface area contributed by atoms with E-state index < -0.39 is 0 Å². The largest absolute Gasteiger partial charge is 0.463 e. The summed E-state index contributed by atoms with van der Waals surface area (Å²) in [5, 5.41) is 7.61. The van der Waals surface area contributed by atoms with Crippen LogP contribution in [0.15, 0.2) is 34.0 Å². The maximum Gasteiger partial charge on any atom is 0.255 e. The Labute approximate surface area is 122 Å². The Morgan fingerprint density at radius 1 is 1.48 bits per heavy atom. The van der Waals surface area contributed by atoms with Crippen LogP contribution in [0.5, 0.6) is 0 Å². The van der Waals surface area contributed by atoms with Crippen LogP contribution in [0.4, 0.5) is 0 Å². The van der Waals surface area contributed by atoms with E-state index in [1.165, 1.54) is 11.8 Å². The van der Waals surface area contributed by atoms with Crippen LogP contribution in [-0.2, 0) is 11.3 Å². The number of oxime groups is 1. The molecule has 110 valence electrons. The zero-order valence-corrected chi connectivity index (χ0v) is 12.2. The van der Waals surface area contributed by atoms with Crippen molar-refractivity contribution >= 4 is 22.6 Å². The van der Waals surface area contributed by atoms with E-state index >= 15 is 0 Å². The molecule has 0 aliphatic carbocycles. The number of hydrogen-bond acceptors (Lipinski definition) is 4. The number of aryl methyl sites for hydroxylation is 1. The number of nitrogens with zero attached hydrogens (tertiary/aromatic N) is 1. The molecule has 1 aliphatic heterocycles. The number of rotatable bonds is 4. The molecule has 1 unspecified atom stereocenters. The number of carbonyl (C=O) groups excluding carboxylic acids is 1. The van der Waals surface area contributed by atoms with Gasteiger partial charge in [0.2, 0.25) is 0 Å². The van der Waals surface area contributed by atoms with Crippen molar-refractivity contribution in [3.05, 3.63) is 35.6 Å². The van der Waals surface area contributed by atoms with Gasteiger partial charge >= 0.3 is 0 Å². The Bertz CT molecular complexity index is 703. The topological polar surface area (TPSA) is 63.8 Å². The Morgan fingerprint density at radius 2 is 2.33 bits per heavy atom. The van der Waals surface area contributed by atoms with Gasteiger partial charge in [-0.05, 0) is 31.0 Å². The third-order valence-corrected chi connectivity index (χ3v) is 3.66. The molecule has 1 atom stereocenters. The van der Waals surface area contributed by atoms with Gasteiger partial charge in [0, 0.05) is 11.8 Å². The van der Waals surface area contributed by atoms with Gasteiger partial charge in [-0.15, -0.1) is 0 Å². The van der Waals surface area contributed by atoms with E-state index in [-0.39, 0.29) is 12.0 Å². The number of amides is 1. The van der Waals surface area contributed by atoms with Crippen molar-refractivity contribution < 1.29 is 14.0 Å². The molecule has 21 heavy (non-hydrogen) atoms. The minimum absolute atomic E-state index is 0.0710. The summed E-state index contributed by atoms with van der Waals surface area (Å²) in [6, 6.07) is 5.93. The molecule has 2 aromatic rings. The first-order chi connectivity index (χ1) is 10.2. The molecule has 1 aliphatic rings. The van der Waals surface area contributed by atoms with Gasteiger partial charge in [-0.3, -0.25) is 4.79 Å². The van der Waals surface area contributed by atoms with Gasteiger partial charge < -0.3 is 14.6 Å². The highest BCUT2D eigenvalue weighted by Gasteiger charge is 2.20. The zero-order chi connectivity index (χ0) is 14.8. The molecule has 1 aromatic carbocycles. The highest BCUT2D eigenvalue weighted by Crippen LogP contribution is 2.23. The quantitative estimate of drug-likeness (QED) is 0.940. The highest BCUT2D eigenvalue weighted by atomic mass is 16.6. The van der Waals surface area contributed by atoms with E-state index in [4.69, 9.17) is 9.25 Å². The normalized spacial score (nSPS) is 17.6. The van der Waals surface area contributed by atoms with Crippen LogP contribution in [0.3, 0.4) is 0 Å². The number of furan rings is 1. The molecule has 0 radical (unpaired) electrons. The summed E-state index contributed by atoms with van der Waals surface area (Å²) in [6.45, 7) is 4.44. The fourth-order valence-corrected chi connectivity index (χ4v) is 2.45. The Kier molecular flexibility index (Phi) is 3.64. The van der Waals surface area contributed by atoms with E-state index in [0.29, 0.717) is 12.1 Å². The highest BCUT2D eigenvalue weighted by molar-refractivity contribution is 6.06. The number of carbonyl (C=O) groups is 1. The summed E-state index contributed by atoms with van der Waals surface area (Å²) < 4.78 is 5.44. The van der Waals surface area contributed by atoms with Gasteiger partial charge in [-0.1, -0.05) is 18.1 Å². The van der Waals surface area contributed by atoms with Crippen LogP contribution in [0, 0.1) is 0 Å². The average Bonchev–Trinajstić information content (AvgIpc) is 3.10. The minimum Gasteiger partial charge on any atom is -0.463 e. The van der Waals surface area contributed by atoms with Gasteiger partial charge in [-0.25, -0.2) is 0 Å². The molecule has 1 amide bonds. The smallest absolute Gasteiger partial charge is 0.255 e. The van der Waals surface area contributed by atoms with Crippen molar-refractivity contribution in [2.45, 2.75) is 32.8 Å². The number of benzene rings is 1. The Balaban J connectivity index is 1.72. The minimum atomic E-state index is -0.143. The first kappa shape index (κ1) is 13.7. The van der Waals surface area contributed by atoms with Crippen molar-refractivity contribution in [1.82, 2.24) is 5.32 Å². The lowest BCUT2D eigenvalue weighted by molar-refractivity contribution is 0.0754. The first-order valence-corrected chi connectivity index (χ1v) is 7.15. The summed E-state index contributed by atoms with van der Waals surface area (Å²) in [6.07, 6.45) is 3.12. The molecule has 0 saturated carbocycles. The van der Waals surface area contributed by atoms with E-state index in [9.17, 15) is 4.79 Å². The lowest BCUT2D eigenvalue weighted by Gasteiger charge is -2.09. The van der Waals surface area contributed by atoms with Gasteiger partial charge in [-0.2, -0.15) is 0 Å². The molecule has 0 fully saturated rings. The molecular formula is C16H18N2O3. The summed E-state index contributed by atoms with van der Waals surface area (Å²) >= 11 is 0. The molecule has 3 rings (SSSR count). The summed E-state index contributed by atoms with van der Waals surface area (Å²) in [4.78, 5) is 17.5. The molecule has 1 aromatic heterocycles. The second-order valence-electron chi connectivity index (χ2n) is 5.30. The fourth-order valence-electron chi connectivity index (χ4n) is 2.45. The molecule has 0 bridgehead atoms. The average molecular weight is 286 g/mol. The van der Waals surface area contributed by atoms with Crippen LogP contribution < -0.4 is 5.32 Å². The maximum atomic E-state index is 12.3. The predicted octanol–water partition coefficient (Wildman–Crippen LogP) is 2.89. The van der Waals surface area contributed by atoms with E-state index in [1.54, 1.807) is 0 Å². The van der Waals surface area contributed by atoms with Crippen LogP contribution in [0.2, 0.25) is 0 Å². The Hall–Kier alpha value is -2.30. The van der Waals surface area contributed by atoms with E-state index in [0.717, 1.165) is 29.5 Å². The first-order valence-electron chi connectivity index (χ1n) is 7.15. The zero-order valence-electron chi connectivity index (χ0n) is 12.2. The van der Waals surface area contributed by atoms with Crippen molar-refractivity contribution in [2.75, 3.05) is 6.54 Å². The molecule has 2 heterocycles. The number of hydrogen-bond donors (Lipinski definition) is 1. The third-order valence-electron chi connectivity index (χ3n) is 3.66. The summed E-state index contributed by atoms with van der Waals surface area (Å²) in [5.41, 5.74) is 3.43. The van der Waals surface area contributed by atoms with Crippen LogP contribution in [0.25, 0.3) is 11.0 Å². The lowest BCUT2D eigenvalue weighted by Crippen LogP contribution is -2.32. The van der Waals surface area contributed by atoms with Crippen LogP contribution in [-0.4, -0.2) is 24.3 Å². The van der Waals surface area contributed by atoms with Crippen molar-refractivity contribution in [1.29, 1.82) is 0 Å². The lowest BCUT2D eigenvalue weighted by atomic mass is 10.1. The molecule has 0 saturated heterocycles. The number of fused-ring (bicyclic) bond motifs is 1. The van der Waals surface area contributed by atoms with Crippen molar-refractivity contribution in [3.63, 3.8) is 0 Å². The van der Waals surface area contributed by atoms with Gasteiger partial charge in [0.15, 0.2) is 0 Å². The molecule has 5 heteroatoms. The second kappa shape index (κ2) is 5.60. The van der Waals surface area contributed by atoms with Crippen LogP contribution in [0.1, 0.15) is 36.2 Å². The van der Waals surface area contributed by atoms with Crippen molar-refractivity contribution in [2.24, 2.45) is 5.16 Å². The third kappa shape index (κ3) is 2.77. The van der Waals surface area contributed by atoms with Gasteiger partial charge in [0.25, 0.3) is 5.91 Å². The predicted molar refractivity (Wildman–Crippen MR) is 80.5 cm³/mol. The monoisotopic (exact) mass is 286 g/mol. The maximum absolute atomic E-state index is 12.3. The van der Waals surface area contributed by atoms with E-state index in [2.05, 4.69) is 17.4 Å².